The third kappa shape index (κ3) is 8.83. The molecule has 1 saturated heterocycles. The van der Waals surface area contributed by atoms with Crippen LogP contribution in [0.2, 0.25) is 0 Å². The van der Waals surface area contributed by atoms with Crippen LogP contribution in [0.5, 0.6) is 5.88 Å². The van der Waals surface area contributed by atoms with Gasteiger partial charge in [-0.1, -0.05) is 0 Å². The molecule has 11 heteroatoms. The molecule has 0 unspecified atom stereocenters. The third-order valence-corrected chi connectivity index (χ3v) is 8.05. The monoisotopic (exact) mass is 639 g/mol. The number of rotatable bonds is 15. The molecule has 0 radical (unpaired) electrons. The third-order valence-electron chi connectivity index (χ3n) is 8.05. The lowest BCUT2D eigenvalue weighted by Crippen LogP contribution is -2.41. The van der Waals surface area contributed by atoms with Crippen molar-refractivity contribution in [3.8, 4) is 17.0 Å². The van der Waals surface area contributed by atoms with E-state index in [1.807, 2.05) is 39.0 Å². The van der Waals surface area contributed by atoms with Crippen molar-refractivity contribution in [1.29, 1.82) is 0 Å². The van der Waals surface area contributed by atoms with Gasteiger partial charge in [-0.3, -0.25) is 9.59 Å². The lowest BCUT2D eigenvalue weighted by atomic mass is 10.0. The average Bonchev–Trinajstić information content (AvgIpc) is 3.35. The van der Waals surface area contributed by atoms with E-state index in [1.165, 1.54) is 0 Å². The first-order valence-corrected chi connectivity index (χ1v) is 16.4. The number of carbonyl (C=O) groups is 2. The maximum atomic E-state index is 14.4. The van der Waals surface area contributed by atoms with E-state index in [9.17, 15) is 9.59 Å². The first kappa shape index (κ1) is 35.3. The number of hydrogen-bond donors (Lipinski definition) is 0. The van der Waals surface area contributed by atoms with Crippen LogP contribution in [0.15, 0.2) is 30.5 Å². The molecule has 0 aliphatic carbocycles. The second-order valence-electron chi connectivity index (χ2n) is 12.5. The van der Waals surface area contributed by atoms with Crippen LogP contribution in [0.4, 0.5) is 0 Å². The Hall–Kier alpha value is -3.54. The summed E-state index contributed by atoms with van der Waals surface area (Å²) in [6.07, 6.45) is 4.29. The minimum Gasteiger partial charge on any atom is -0.474 e. The minimum atomic E-state index is -0.558. The van der Waals surface area contributed by atoms with Crippen LogP contribution in [0, 0.1) is 0 Å². The number of hydrogen-bond acceptors (Lipinski definition) is 8. The van der Waals surface area contributed by atoms with Gasteiger partial charge in [0.15, 0.2) is 11.0 Å². The SMILES string of the molecule is CCn1c(CCC(=O)OC(C)(C)C)[n+](CC)c2c(C(=O)N(CCOC)CCOC)cc(-c3ccc(OC4CCOCC4)nc3)cc21. The van der Waals surface area contributed by atoms with Gasteiger partial charge in [0.25, 0.3) is 11.7 Å². The van der Waals surface area contributed by atoms with Gasteiger partial charge < -0.3 is 28.6 Å². The molecule has 0 bridgehead atoms. The number of aromatic nitrogens is 3. The lowest BCUT2D eigenvalue weighted by molar-refractivity contribution is -0.676. The van der Waals surface area contributed by atoms with Crippen molar-refractivity contribution >= 4 is 22.9 Å². The molecule has 0 atom stereocenters. The summed E-state index contributed by atoms with van der Waals surface area (Å²) in [5, 5.41) is 0. The number of methoxy groups -OCH3 is 2. The lowest BCUT2D eigenvalue weighted by Gasteiger charge is -2.23. The van der Waals surface area contributed by atoms with Crippen molar-refractivity contribution in [1.82, 2.24) is 14.5 Å². The van der Waals surface area contributed by atoms with Crippen LogP contribution in [-0.2, 0) is 43.3 Å². The van der Waals surface area contributed by atoms with E-state index in [0.29, 0.717) is 70.5 Å². The standard InChI is InChI=1S/C35H51N4O7/c1-8-38-29-23-26(25-10-11-30(36-24-25)45-27-14-18-44-19-15-27)22-28(34(41)37(16-20-42-6)17-21-43-7)33(29)39(9-2)31(38)12-13-32(40)46-35(3,4)5/h10-11,22-24,27H,8-9,12-21H2,1-7H3/q+1. The molecule has 0 N–H and O–H groups in total. The highest BCUT2D eigenvalue weighted by Gasteiger charge is 2.31. The first-order chi connectivity index (χ1) is 22.1. The molecule has 252 valence electrons. The summed E-state index contributed by atoms with van der Waals surface area (Å²) in [5.41, 5.74) is 3.52. The number of esters is 1. The Balaban J connectivity index is 1.81. The summed E-state index contributed by atoms with van der Waals surface area (Å²) in [6, 6.07) is 7.94. The summed E-state index contributed by atoms with van der Waals surface area (Å²) in [5.74, 6) is 1.18. The number of carbonyl (C=O) groups excluding carboxylic acids is 2. The van der Waals surface area contributed by atoms with Crippen LogP contribution in [-0.4, -0.2) is 91.8 Å². The molecule has 46 heavy (non-hydrogen) atoms. The van der Waals surface area contributed by atoms with E-state index in [-0.39, 0.29) is 24.4 Å². The average molecular weight is 640 g/mol. The van der Waals surface area contributed by atoms with Crippen molar-refractivity contribution in [2.45, 2.75) is 85.1 Å². The Morgan fingerprint density at radius 3 is 2.30 bits per heavy atom. The molecule has 1 fully saturated rings. The van der Waals surface area contributed by atoms with Crippen LogP contribution >= 0.6 is 0 Å². The van der Waals surface area contributed by atoms with Gasteiger partial charge in [-0.2, -0.15) is 0 Å². The molecule has 3 heterocycles. The van der Waals surface area contributed by atoms with Crippen molar-refractivity contribution in [2.75, 3.05) is 53.7 Å². The summed E-state index contributed by atoms with van der Waals surface area (Å²) in [4.78, 5) is 33.6. The number of benzene rings is 1. The van der Waals surface area contributed by atoms with Gasteiger partial charge in [0.05, 0.1) is 57.9 Å². The molecule has 2 aromatic heterocycles. The smallest absolute Gasteiger partial charge is 0.306 e. The van der Waals surface area contributed by atoms with E-state index in [4.69, 9.17) is 23.7 Å². The number of nitrogens with zero attached hydrogens (tertiary/aromatic N) is 4. The summed E-state index contributed by atoms with van der Waals surface area (Å²) in [6.45, 7) is 14.1. The van der Waals surface area contributed by atoms with Gasteiger partial charge in [0, 0.05) is 58.0 Å². The fourth-order valence-corrected chi connectivity index (χ4v) is 5.90. The van der Waals surface area contributed by atoms with Gasteiger partial charge in [-0.25, -0.2) is 14.1 Å². The van der Waals surface area contributed by atoms with Crippen LogP contribution < -0.4 is 9.30 Å². The maximum Gasteiger partial charge on any atom is 0.306 e. The first-order valence-electron chi connectivity index (χ1n) is 16.4. The quantitative estimate of drug-likeness (QED) is 0.176. The van der Waals surface area contributed by atoms with Crippen molar-refractivity contribution < 1.29 is 37.8 Å². The highest BCUT2D eigenvalue weighted by atomic mass is 16.6. The van der Waals surface area contributed by atoms with Crippen molar-refractivity contribution in [3.05, 3.63) is 41.9 Å². The van der Waals surface area contributed by atoms with Crippen molar-refractivity contribution in [3.63, 3.8) is 0 Å². The molecule has 1 aliphatic rings. The van der Waals surface area contributed by atoms with Gasteiger partial charge >= 0.3 is 5.97 Å². The fourth-order valence-electron chi connectivity index (χ4n) is 5.90. The van der Waals surface area contributed by atoms with Crippen LogP contribution in [0.1, 0.15) is 70.1 Å². The Bertz CT molecular complexity index is 1450. The Morgan fingerprint density at radius 1 is 1.04 bits per heavy atom. The van der Waals surface area contributed by atoms with Crippen molar-refractivity contribution in [2.24, 2.45) is 0 Å². The summed E-state index contributed by atoms with van der Waals surface area (Å²) < 4.78 is 32.2. The van der Waals surface area contributed by atoms with Gasteiger partial charge in [0.2, 0.25) is 5.88 Å². The molecule has 0 spiro atoms. The van der Waals surface area contributed by atoms with Gasteiger partial charge in [-0.05, 0) is 58.4 Å². The number of fused-ring (bicyclic) bond motifs is 1. The topological polar surface area (TPSA) is 105 Å². The molecule has 1 amide bonds. The molecular formula is C35H51N4O7+. The number of aryl methyl sites for hydroxylation is 2. The summed E-state index contributed by atoms with van der Waals surface area (Å²) >= 11 is 0. The zero-order valence-electron chi connectivity index (χ0n) is 28.6. The van der Waals surface area contributed by atoms with Gasteiger partial charge in [-0.15, -0.1) is 0 Å². The number of amides is 1. The predicted molar refractivity (Wildman–Crippen MR) is 175 cm³/mol. The zero-order chi connectivity index (χ0) is 33.3. The molecule has 0 saturated carbocycles. The Morgan fingerprint density at radius 2 is 1.74 bits per heavy atom. The Labute approximate surface area is 272 Å². The van der Waals surface area contributed by atoms with E-state index in [2.05, 4.69) is 34.0 Å². The molecule has 3 aromatic rings. The predicted octanol–water partition coefficient (Wildman–Crippen LogP) is 4.60. The molecular weight excluding hydrogens is 588 g/mol. The second kappa shape index (κ2) is 16.3. The zero-order valence-corrected chi connectivity index (χ0v) is 28.6. The fraction of sp³-hybridized carbons (Fsp3) is 0.600. The van der Waals surface area contributed by atoms with E-state index in [1.54, 1.807) is 25.3 Å². The Kier molecular flexibility index (Phi) is 12.5. The van der Waals surface area contributed by atoms with E-state index >= 15 is 0 Å². The largest absolute Gasteiger partial charge is 0.474 e. The number of pyridine rings is 1. The summed E-state index contributed by atoms with van der Waals surface area (Å²) in [7, 11) is 3.26. The minimum absolute atomic E-state index is 0.0919. The van der Waals surface area contributed by atoms with Gasteiger partial charge in [0.1, 0.15) is 11.7 Å². The van der Waals surface area contributed by atoms with Crippen LogP contribution in [0.3, 0.4) is 0 Å². The van der Waals surface area contributed by atoms with E-state index < -0.39 is 5.60 Å². The van der Waals surface area contributed by atoms with Crippen LogP contribution in [0.25, 0.3) is 22.2 Å². The second-order valence-corrected chi connectivity index (χ2v) is 12.5. The number of imidazole rings is 1. The molecule has 11 nitrogen and oxygen atoms in total. The molecule has 1 aromatic carbocycles. The molecule has 1 aliphatic heterocycles. The highest BCUT2D eigenvalue weighted by molar-refractivity contribution is 6.05. The van der Waals surface area contributed by atoms with E-state index in [0.717, 1.165) is 40.8 Å². The highest BCUT2D eigenvalue weighted by Crippen LogP contribution is 2.30. The normalized spacial score (nSPS) is 14.1. The number of ether oxygens (including phenoxy) is 5. The maximum absolute atomic E-state index is 14.4. The molecule has 4 rings (SSSR count).